The summed E-state index contributed by atoms with van der Waals surface area (Å²) < 4.78 is 11.3. The predicted octanol–water partition coefficient (Wildman–Crippen LogP) is 1.18. The molecule has 2 saturated heterocycles. The van der Waals surface area contributed by atoms with Crippen molar-refractivity contribution in [2.45, 2.75) is 12.1 Å². The Hall–Kier alpha value is -4.38. The van der Waals surface area contributed by atoms with E-state index < -0.39 is 17.5 Å². The summed E-state index contributed by atoms with van der Waals surface area (Å²) in [5, 5.41) is 8.85. The van der Waals surface area contributed by atoms with E-state index in [0.717, 1.165) is 18.7 Å². The SMILES string of the molecule is COc1ccc2c(c1)C(=O)N(CC1(c3cc4ccc(C(=O)N5CCNCC5)cc4o3)NC(=O)NC1=O)C2. The minimum absolute atomic E-state index is 0.0983. The first-order chi connectivity index (χ1) is 17.9. The second-order valence-corrected chi connectivity index (χ2v) is 9.40. The summed E-state index contributed by atoms with van der Waals surface area (Å²) in [4.78, 5) is 54.9. The highest BCUT2D eigenvalue weighted by molar-refractivity contribution is 6.08. The lowest BCUT2D eigenvalue weighted by atomic mass is 9.95. The largest absolute Gasteiger partial charge is 0.497 e. The first-order valence-corrected chi connectivity index (χ1v) is 12.0. The van der Waals surface area contributed by atoms with Crippen LogP contribution in [0.2, 0.25) is 0 Å². The van der Waals surface area contributed by atoms with Gasteiger partial charge in [0.05, 0.1) is 13.7 Å². The van der Waals surface area contributed by atoms with Crippen molar-refractivity contribution in [3.05, 3.63) is 64.9 Å². The summed E-state index contributed by atoms with van der Waals surface area (Å²) in [7, 11) is 1.52. The molecule has 0 spiro atoms. The van der Waals surface area contributed by atoms with E-state index in [4.69, 9.17) is 9.15 Å². The van der Waals surface area contributed by atoms with Crippen molar-refractivity contribution in [3.8, 4) is 5.75 Å². The Morgan fingerprint density at radius 3 is 2.62 bits per heavy atom. The van der Waals surface area contributed by atoms with Crippen molar-refractivity contribution in [1.82, 2.24) is 25.8 Å². The molecule has 11 heteroatoms. The Morgan fingerprint density at radius 2 is 1.89 bits per heavy atom. The van der Waals surface area contributed by atoms with Crippen molar-refractivity contribution < 1.29 is 28.3 Å². The molecule has 1 unspecified atom stereocenters. The zero-order chi connectivity index (χ0) is 25.7. The quantitative estimate of drug-likeness (QED) is 0.445. The van der Waals surface area contributed by atoms with Crippen LogP contribution in [0.3, 0.4) is 0 Å². The monoisotopic (exact) mass is 503 g/mol. The van der Waals surface area contributed by atoms with Gasteiger partial charge in [0.15, 0.2) is 5.54 Å². The Kier molecular flexibility index (Phi) is 5.37. The molecule has 11 nitrogen and oxygen atoms in total. The van der Waals surface area contributed by atoms with Gasteiger partial charge in [-0.2, -0.15) is 0 Å². The molecule has 0 saturated carbocycles. The summed E-state index contributed by atoms with van der Waals surface area (Å²) in [5.41, 5.74) is 0.542. The van der Waals surface area contributed by atoms with Crippen LogP contribution in [0.5, 0.6) is 5.75 Å². The van der Waals surface area contributed by atoms with Gasteiger partial charge >= 0.3 is 6.03 Å². The standard InChI is InChI=1S/C26H25N5O6/c1-36-18-5-4-17-13-31(23(33)19(17)12-18)14-26(24(34)28-25(35)29-26)21-11-15-2-3-16(10-20(15)37-21)22(32)30-8-6-27-7-9-30/h2-5,10-12,27H,6-9,13-14H2,1H3,(H2,28,29,34,35). The molecule has 3 aromatic rings. The number of hydrogen-bond acceptors (Lipinski definition) is 7. The van der Waals surface area contributed by atoms with Crippen molar-refractivity contribution in [1.29, 1.82) is 0 Å². The summed E-state index contributed by atoms with van der Waals surface area (Å²) in [6.45, 7) is 2.85. The fraction of sp³-hybridized carbons (Fsp3) is 0.308. The summed E-state index contributed by atoms with van der Waals surface area (Å²) in [6.07, 6.45) is 0. The van der Waals surface area contributed by atoms with Crippen LogP contribution in [0.1, 0.15) is 32.0 Å². The van der Waals surface area contributed by atoms with Crippen molar-refractivity contribution in [2.75, 3.05) is 39.8 Å². The molecule has 4 heterocycles. The maximum atomic E-state index is 13.2. The number of imide groups is 1. The molecule has 3 aliphatic heterocycles. The van der Waals surface area contributed by atoms with Gasteiger partial charge in [0.25, 0.3) is 17.7 Å². The zero-order valence-corrected chi connectivity index (χ0v) is 20.1. The number of fused-ring (bicyclic) bond motifs is 2. The van der Waals surface area contributed by atoms with Gasteiger partial charge in [0, 0.05) is 49.2 Å². The van der Waals surface area contributed by atoms with Crippen molar-refractivity contribution >= 4 is 34.7 Å². The highest BCUT2D eigenvalue weighted by atomic mass is 16.5. The molecule has 2 fully saturated rings. The number of urea groups is 1. The predicted molar refractivity (Wildman–Crippen MR) is 131 cm³/mol. The van der Waals surface area contributed by atoms with E-state index in [1.54, 1.807) is 41.3 Å². The molecular formula is C26H25N5O6. The number of ether oxygens (including phenoxy) is 1. The van der Waals surface area contributed by atoms with Gasteiger partial charge in [0.1, 0.15) is 17.1 Å². The van der Waals surface area contributed by atoms with E-state index >= 15 is 0 Å². The molecule has 190 valence electrons. The van der Waals surface area contributed by atoms with Gasteiger partial charge in [-0.25, -0.2) is 4.79 Å². The Morgan fingerprint density at radius 1 is 1.08 bits per heavy atom. The lowest BCUT2D eigenvalue weighted by molar-refractivity contribution is -0.125. The third-order valence-electron chi connectivity index (χ3n) is 7.16. The topological polar surface area (TPSA) is 133 Å². The molecule has 0 aliphatic carbocycles. The lowest BCUT2D eigenvalue weighted by Crippen LogP contribution is -2.52. The molecule has 6 rings (SSSR count). The van der Waals surface area contributed by atoms with E-state index in [9.17, 15) is 19.2 Å². The van der Waals surface area contributed by atoms with Crippen LogP contribution in [-0.2, 0) is 16.9 Å². The highest BCUT2D eigenvalue weighted by Gasteiger charge is 2.53. The van der Waals surface area contributed by atoms with E-state index in [0.29, 0.717) is 40.9 Å². The van der Waals surface area contributed by atoms with Crippen LogP contribution < -0.4 is 20.7 Å². The van der Waals surface area contributed by atoms with E-state index in [2.05, 4.69) is 16.0 Å². The van der Waals surface area contributed by atoms with Crippen LogP contribution in [0.25, 0.3) is 11.0 Å². The number of benzene rings is 2. The second-order valence-electron chi connectivity index (χ2n) is 9.40. The molecule has 1 atom stereocenters. The minimum atomic E-state index is -1.62. The molecule has 3 aliphatic rings. The third-order valence-corrected chi connectivity index (χ3v) is 7.16. The average Bonchev–Trinajstić information content (AvgIpc) is 3.57. The first kappa shape index (κ1) is 23.0. The summed E-state index contributed by atoms with van der Waals surface area (Å²) in [6, 6.07) is 11.4. The molecular weight excluding hydrogens is 478 g/mol. The average molecular weight is 504 g/mol. The fourth-order valence-corrected chi connectivity index (χ4v) is 5.16. The number of rotatable bonds is 5. The number of nitrogens with one attached hydrogen (secondary N) is 3. The van der Waals surface area contributed by atoms with Crippen molar-refractivity contribution in [3.63, 3.8) is 0 Å². The molecule has 0 bridgehead atoms. The van der Waals surface area contributed by atoms with Crippen LogP contribution in [-0.4, -0.2) is 73.4 Å². The number of hydrogen-bond donors (Lipinski definition) is 3. The fourth-order valence-electron chi connectivity index (χ4n) is 5.16. The van der Waals surface area contributed by atoms with Gasteiger partial charge in [-0.15, -0.1) is 0 Å². The highest BCUT2D eigenvalue weighted by Crippen LogP contribution is 2.35. The number of nitrogens with zero attached hydrogens (tertiary/aromatic N) is 2. The van der Waals surface area contributed by atoms with Crippen LogP contribution in [0, 0.1) is 0 Å². The van der Waals surface area contributed by atoms with Gasteiger partial charge in [-0.05, 0) is 35.9 Å². The molecule has 1 aromatic heterocycles. The van der Waals surface area contributed by atoms with Crippen LogP contribution in [0.15, 0.2) is 46.9 Å². The van der Waals surface area contributed by atoms with Gasteiger partial charge in [0.2, 0.25) is 0 Å². The minimum Gasteiger partial charge on any atom is -0.497 e. The second kappa shape index (κ2) is 8.63. The number of carbonyl (C=O) groups is 4. The molecule has 37 heavy (non-hydrogen) atoms. The number of piperazine rings is 1. The molecule has 5 amide bonds. The van der Waals surface area contributed by atoms with E-state index in [-0.39, 0.29) is 30.7 Å². The van der Waals surface area contributed by atoms with Gasteiger partial charge in [-0.1, -0.05) is 12.1 Å². The number of amides is 5. The number of methoxy groups -OCH3 is 1. The van der Waals surface area contributed by atoms with Crippen LogP contribution in [0.4, 0.5) is 4.79 Å². The van der Waals surface area contributed by atoms with Gasteiger partial charge in [-0.3, -0.25) is 19.7 Å². The summed E-state index contributed by atoms with van der Waals surface area (Å²) in [5.74, 6) is -0.255. The zero-order valence-electron chi connectivity index (χ0n) is 20.1. The smallest absolute Gasteiger partial charge is 0.322 e. The molecule has 2 aromatic carbocycles. The molecule has 3 N–H and O–H groups in total. The maximum absolute atomic E-state index is 13.2. The number of furan rings is 1. The molecule has 0 radical (unpaired) electrons. The Bertz CT molecular complexity index is 1460. The van der Waals surface area contributed by atoms with E-state index in [1.165, 1.54) is 12.0 Å². The maximum Gasteiger partial charge on any atom is 0.322 e. The first-order valence-electron chi connectivity index (χ1n) is 12.0. The van der Waals surface area contributed by atoms with Gasteiger partial charge < -0.3 is 29.6 Å². The van der Waals surface area contributed by atoms with E-state index in [1.807, 2.05) is 6.07 Å². The number of carbonyl (C=O) groups excluding carboxylic acids is 4. The van der Waals surface area contributed by atoms with Crippen molar-refractivity contribution in [2.24, 2.45) is 0 Å². The Balaban J connectivity index is 1.33. The third kappa shape index (κ3) is 3.78. The summed E-state index contributed by atoms with van der Waals surface area (Å²) >= 11 is 0. The Labute approximate surface area is 211 Å². The van der Waals surface area contributed by atoms with Crippen LogP contribution >= 0.6 is 0 Å². The normalized spacial score (nSPS) is 21.3. The lowest BCUT2D eigenvalue weighted by Gasteiger charge is -2.29.